The first-order valence-corrected chi connectivity index (χ1v) is 14.9. The molecule has 1 saturated heterocycles. The van der Waals surface area contributed by atoms with Crippen LogP contribution in [0.4, 0.5) is 0 Å². The van der Waals surface area contributed by atoms with Crippen molar-refractivity contribution < 1.29 is 43.0 Å². The van der Waals surface area contributed by atoms with Gasteiger partial charge in [-0.2, -0.15) is 0 Å². The maximum absolute atomic E-state index is 13.9. The monoisotopic (exact) mass is 599 g/mol. The van der Waals surface area contributed by atoms with Gasteiger partial charge in [0.25, 0.3) is 5.91 Å². The Morgan fingerprint density at radius 2 is 1.51 bits per heavy atom. The number of rotatable bonds is 8. The highest BCUT2D eigenvalue weighted by atomic mass is 16.6. The standard InChI is InChI=1S/C33H45NO9/c1-8-10-28(36)41-24-15-12-20(3)13-17-25(42-29(37)11-9-2)19-26-22(5)30(38)33(7,32(40)43-26)27(18-21(4)14-16-24)34-31(39)23(6)35/h12-14,16-18,22,24-27H,8-11,15,19H2,1-7H3,(H,34,39)/b16-14-,17-13-,20-12-,21-18-/t22-,24+,25-,26-,27-,33+/m1/s1. The van der Waals surface area contributed by atoms with Crippen LogP contribution in [0.25, 0.3) is 0 Å². The molecule has 2 aliphatic heterocycles. The summed E-state index contributed by atoms with van der Waals surface area (Å²) < 4.78 is 17.1. The van der Waals surface area contributed by atoms with E-state index in [-0.39, 0.29) is 25.2 Å². The lowest BCUT2D eigenvalue weighted by atomic mass is 9.69. The van der Waals surface area contributed by atoms with Crippen LogP contribution in [0.5, 0.6) is 0 Å². The number of hydrogen-bond acceptors (Lipinski definition) is 9. The number of amides is 1. The Balaban J connectivity index is 2.65. The molecule has 0 unspecified atom stereocenters. The summed E-state index contributed by atoms with van der Waals surface area (Å²) >= 11 is 0. The minimum atomic E-state index is -1.85. The molecule has 1 aliphatic carbocycles. The number of Topliss-reactive ketones (excluding diaryl/α,β-unsaturated/α-hetero) is 2. The SMILES string of the molecule is CCCC(=O)O[C@@H]1/C=C\C(C)=C/[C@@H](NC(=O)C(C)=O)[C@]2(C)C(=O)O[C@H](C[C@H](OC(=O)CCC)/C=C\C(C)=C/C1)[C@@H](C)C2=O. The first kappa shape index (κ1) is 35.4. The van der Waals surface area contributed by atoms with E-state index in [0.717, 1.165) is 12.5 Å². The van der Waals surface area contributed by atoms with Gasteiger partial charge in [-0.25, -0.2) is 0 Å². The zero-order valence-electron chi connectivity index (χ0n) is 26.3. The van der Waals surface area contributed by atoms with Crippen molar-refractivity contribution in [3.63, 3.8) is 0 Å². The number of hydrogen-bond donors (Lipinski definition) is 1. The summed E-state index contributed by atoms with van der Waals surface area (Å²) in [6.45, 7) is 11.4. The van der Waals surface area contributed by atoms with Crippen LogP contribution in [-0.4, -0.2) is 59.7 Å². The van der Waals surface area contributed by atoms with E-state index in [2.05, 4.69) is 5.32 Å². The second-order valence-corrected chi connectivity index (χ2v) is 11.4. The molecule has 236 valence electrons. The van der Waals surface area contributed by atoms with Crippen molar-refractivity contribution in [1.82, 2.24) is 5.32 Å². The van der Waals surface area contributed by atoms with Crippen molar-refractivity contribution in [1.29, 1.82) is 0 Å². The highest BCUT2D eigenvalue weighted by Gasteiger charge is 2.56. The van der Waals surface area contributed by atoms with Gasteiger partial charge in [0.1, 0.15) is 23.7 Å². The van der Waals surface area contributed by atoms with Crippen molar-refractivity contribution in [2.75, 3.05) is 0 Å². The number of ketones is 2. The molecule has 0 aromatic heterocycles. The number of fused-ring (bicyclic) bond motifs is 10. The van der Waals surface area contributed by atoms with Gasteiger partial charge in [-0.3, -0.25) is 28.8 Å². The van der Waals surface area contributed by atoms with Gasteiger partial charge in [0.2, 0.25) is 5.78 Å². The first-order chi connectivity index (χ1) is 20.2. The molecule has 2 bridgehead atoms. The van der Waals surface area contributed by atoms with E-state index in [1.54, 1.807) is 38.2 Å². The molecular weight excluding hydrogens is 554 g/mol. The van der Waals surface area contributed by atoms with Crippen LogP contribution in [0.15, 0.2) is 47.6 Å². The van der Waals surface area contributed by atoms with Crippen molar-refractivity contribution in [3.05, 3.63) is 47.6 Å². The van der Waals surface area contributed by atoms with E-state index in [1.165, 1.54) is 13.0 Å². The molecule has 0 aromatic carbocycles. The fourth-order valence-corrected chi connectivity index (χ4v) is 4.86. The van der Waals surface area contributed by atoms with Crippen molar-refractivity contribution in [3.8, 4) is 0 Å². The quantitative estimate of drug-likeness (QED) is 0.186. The third-order valence-corrected chi connectivity index (χ3v) is 7.58. The summed E-state index contributed by atoms with van der Waals surface area (Å²) in [6.07, 6.45) is 10.0. The van der Waals surface area contributed by atoms with Crippen molar-refractivity contribution in [2.24, 2.45) is 11.3 Å². The molecule has 1 fully saturated rings. The zero-order valence-corrected chi connectivity index (χ0v) is 26.3. The van der Waals surface area contributed by atoms with Crippen LogP contribution in [0.3, 0.4) is 0 Å². The van der Waals surface area contributed by atoms with E-state index < -0.39 is 65.1 Å². The molecule has 10 nitrogen and oxygen atoms in total. The van der Waals surface area contributed by atoms with Crippen molar-refractivity contribution >= 4 is 35.4 Å². The lowest BCUT2D eigenvalue weighted by Gasteiger charge is -2.42. The molecule has 6 atom stereocenters. The van der Waals surface area contributed by atoms with E-state index in [9.17, 15) is 28.8 Å². The second-order valence-electron chi connectivity index (χ2n) is 11.4. The van der Waals surface area contributed by atoms with Gasteiger partial charge in [-0.1, -0.05) is 56.2 Å². The van der Waals surface area contributed by atoms with Gasteiger partial charge in [0, 0.05) is 32.6 Å². The molecule has 1 amide bonds. The predicted octanol–water partition coefficient (Wildman–Crippen LogP) is 4.42. The van der Waals surface area contributed by atoms with E-state index >= 15 is 0 Å². The number of ether oxygens (including phenoxy) is 3. The molecule has 1 N–H and O–H groups in total. The van der Waals surface area contributed by atoms with Crippen LogP contribution in [0, 0.1) is 11.3 Å². The Kier molecular flexibility index (Phi) is 13.3. The minimum absolute atomic E-state index is 0.0477. The van der Waals surface area contributed by atoms with Gasteiger partial charge < -0.3 is 19.5 Å². The normalized spacial score (nSPS) is 32.1. The van der Waals surface area contributed by atoms with Gasteiger partial charge in [0.05, 0.1) is 12.0 Å². The number of allylic oxidation sites excluding steroid dienone is 4. The Bertz CT molecular complexity index is 1210. The Morgan fingerprint density at radius 1 is 0.953 bits per heavy atom. The molecule has 0 aromatic rings. The molecule has 43 heavy (non-hydrogen) atoms. The van der Waals surface area contributed by atoms with Gasteiger partial charge >= 0.3 is 17.9 Å². The van der Waals surface area contributed by atoms with Crippen LogP contribution in [-0.2, 0) is 43.0 Å². The fraction of sp³-hybridized carbons (Fsp3) is 0.576. The molecule has 3 rings (SSSR count). The Labute approximate surface area is 254 Å². The lowest BCUT2D eigenvalue weighted by molar-refractivity contribution is -0.182. The third kappa shape index (κ3) is 9.86. The lowest BCUT2D eigenvalue weighted by Crippen LogP contribution is -2.61. The Morgan fingerprint density at radius 3 is 2.09 bits per heavy atom. The highest BCUT2D eigenvalue weighted by molar-refractivity contribution is 6.35. The molecular formula is C33H45NO9. The summed E-state index contributed by atoms with van der Waals surface area (Å²) in [4.78, 5) is 76.5. The first-order valence-electron chi connectivity index (χ1n) is 14.9. The largest absolute Gasteiger partial charge is 0.461 e. The average molecular weight is 600 g/mol. The van der Waals surface area contributed by atoms with Crippen LogP contribution in [0.2, 0.25) is 0 Å². The Hall–Kier alpha value is -3.82. The average Bonchev–Trinajstić information content (AvgIpc) is 2.94. The zero-order chi connectivity index (χ0) is 32.3. The van der Waals surface area contributed by atoms with Gasteiger partial charge in [-0.15, -0.1) is 0 Å². The third-order valence-electron chi connectivity index (χ3n) is 7.58. The topological polar surface area (TPSA) is 142 Å². The smallest absolute Gasteiger partial charge is 0.322 e. The van der Waals surface area contributed by atoms with Crippen LogP contribution < -0.4 is 5.32 Å². The number of nitrogens with one attached hydrogen (secondary N) is 1. The van der Waals surface area contributed by atoms with E-state index in [0.29, 0.717) is 24.8 Å². The maximum Gasteiger partial charge on any atom is 0.322 e. The van der Waals surface area contributed by atoms with Crippen molar-refractivity contribution in [2.45, 2.75) is 111 Å². The van der Waals surface area contributed by atoms with Gasteiger partial charge in [-0.05, 0) is 45.8 Å². The van der Waals surface area contributed by atoms with E-state index in [4.69, 9.17) is 14.2 Å². The summed E-state index contributed by atoms with van der Waals surface area (Å²) in [6, 6.07) is -1.21. The highest BCUT2D eigenvalue weighted by Crippen LogP contribution is 2.38. The molecule has 2 heterocycles. The molecule has 3 aliphatic rings. The fourth-order valence-electron chi connectivity index (χ4n) is 4.86. The number of carbonyl (C=O) groups excluding carboxylic acids is 6. The number of carbonyl (C=O) groups is 6. The number of esters is 3. The maximum atomic E-state index is 13.9. The molecule has 0 spiro atoms. The summed E-state index contributed by atoms with van der Waals surface area (Å²) in [7, 11) is 0. The summed E-state index contributed by atoms with van der Waals surface area (Å²) in [5.41, 5.74) is -0.475. The van der Waals surface area contributed by atoms with Gasteiger partial charge in [0.15, 0.2) is 5.78 Å². The summed E-state index contributed by atoms with van der Waals surface area (Å²) in [5, 5.41) is 2.53. The van der Waals surface area contributed by atoms with Crippen LogP contribution >= 0.6 is 0 Å². The molecule has 10 heteroatoms. The molecule has 0 radical (unpaired) electrons. The summed E-state index contributed by atoms with van der Waals surface area (Å²) in [5.74, 6) is -4.67. The second kappa shape index (κ2) is 16.1. The predicted molar refractivity (Wildman–Crippen MR) is 159 cm³/mol. The molecule has 0 saturated carbocycles. The minimum Gasteiger partial charge on any atom is -0.461 e. The van der Waals surface area contributed by atoms with E-state index in [1.807, 2.05) is 26.8 Å². The van der Waals surface area contributed by atoms with Crippen LogP contribution in [0.1, 0.15) is 87.0 Å².